The zero-order valence-corrected chi connectivity index (χ0v) is 9.11. The van der Waals surface area contributed by atoms with Crippen LogP contribution in [0.3, 0.4) is 0 Å². The van der Waals surface area contributed by atoms with Crippen LogP contribution in [0.2, 0.25) is 0 Å². The minimum atomic E-state index is 0.742. The molecule has 0 saturated heterocycles. The second-order valence-electron chi connectivity index (χ2n) is 3.68. The van der Waals surface area contributed by atoms with Gasteiger partial charge < -0.3 is 0 Å². The van der Waals surface area contributed by atoms with Crippen molar-refractivity contribution < 1.29 is 0 Å². The monoisotopic (exact) mass is 167 g/mol. The van der Waals surface area contributed by atoms with Gasteiger partial charge in [-0.25, -0.2) is 0 Å². The second-order valence-corrected chi connectivity index (χ2v) is 3.68. The van der Waals surface area contributed by atoms with Gasteiger partial charge in [0.1, 0.15) is 0 Å². The van der Waals surface area contributed by atoms with Crippen LogP contribution in [0, 0.1) is 12.0 Å². The minimum absolute atomic E-state index is 0.742. The van der Waals surface area contributed by atoms with Crippen molar-refractivity contribution in [3.63, 3.8) is 0 Å². The first kappa shape index (κ1) is 11.7. The molecule has 0 N–H and O–H groups in total. The number of hydrogen-bond acceptors (Lipinski definition) is 0. The third kappa shape index (κ3) is 5.40. The van der Waals surface area contributed by atoms with Gasteiger partial charge in [-0.05, 0) is 32.3 Å². The molecular formula is C12H23. The summed E-state index contributed by atoms with van der Waals surface area (Å²) < 4.78 is 0. The standard InChI is InChI=1S/C12H23/c1-5-7-8-9-10-12(4)11(3)6-2/h12H,5,7-10H2,1-4H3. The van der Waals surface area contributed by atoms with Crippen LogP contribution in [0.15, 0.2) is 5.57 Å². The van der Waals surface area contributed by atoms with Crippen molar-refractivity contribution in [2.24, 2.45) is 5.92 Å². The predicted molar refractivity (Wildman–Crippen MR) is 56.0 cm³/mol. The third-order valence-electron chi connectivity index (χ3n) is 2.62. The molecule has 0 aliphatic heterocycles. The van der Waals surface area contributed by atoms with E-state index in [1.54, 1.807) is 0 Å². The van der Waals surface area contributed by atoms with E-state index >= 15 is 0 Å². The Balaban J connectivity index is 3.37. The van der Waals surface area contributed by atoms with Crippen molar-refractivity contribution in [2.45, 2.75) is 59.8 Å². The fourth-order valence-corrected chi connectivity index (χ4v) is 1.34. The van der Waals surface area contributed by atoms with E-state index in [1.165, 1.54) is 37.7 Å². The van der Waals surface area contributed by atoms with Crippen LogP contribution in [0.25, 0.3) is 0 Å². The van der Waals surface area contributed by atoms with Crippen molar-refractivity contribution in [1.29, 1.82) is 0 Å². The van der Waals surface area contributed by atoms with Crippen LogP contribution in [-0.4, -0.2) is 0 Å². The average Bonchev–Trinajstić information content (AvgIpc) is 2.10. The van der Waals surface area contributed by atoms with Crippen molar-refractivity contribution in [3.8, 4) is 0 Å². The molecule has 0 aromatic rings. The van der Waals surface area contributed by atoms with E-state index in [1.807, 2.05) is 6.92 Å². The third-order valence-corrected chi connectivity index (χ3v) is 2.62. The normalized spacial score (nSPS) is 14.8. The maximum absolute atomic E-state index is 3.22. The molecule has 12 heavy (non-hydrogen) atoms. The Morgan fingerprint density at radius 3 is 2.42 bits per heavy atom. The van der Waals surface area contributed by atoms with Crippen LogP contribution in [0.1, 0.15) is 59.8 Å². The highest BCUT2D eigenvalue weighted by molar-refractivity contribution is 4.95. The maximum atomic E-state index is 3.22. The minimum Gasteiger partial charge on any atom is -0.0673 e. The molecule has 0 nitrogen and oxygen atoms in total. The van der Waals surface area contributed by atoms with Gasteiger partial charge in [0.05, 0.1) is 0 Å². The summed E-state index contributed by atoms with van der Waals surface area (Å²) >= 11 is 0. The SMILES string of the molecule is C/[C]=C(/C)C(C)CCCCCC. The van der Waals surface area contributed by atoms with E-state index in [0.29, 0.717) is 0 Å². The molecule has 71 valence electrons. The van der Waals surface area contributed by atoms with E-state index in [9.17, 15) is 0 Å². The molecule has 0 saturated carbocycles. The highest BCUT2D eigenvalue weighted by atomic mass is 14.1. The summed E-state index contributed by atoms with van der Waals surface area (Å²) in [5.41, 5.74) is 1.42. The molecule has 0 heteroatoms. The fraction of sp³-hybridized carbons (Fsp3) is 0.833. The van der Waals surface area contributed by atoms with Gasteiger partial charge in [0.25, 0.3) is 0 Å². The lowest BCUT2D eigenvalue weighted by Gasteiger charge is -2.10. The van der Waals surface area contributed by atoms with Gasteiger partial charge in [0.2, 0.25) is 0 Å². The first-order chi connectivity index (χ1) is 5.72. The average molecular weight is 167 g/mol. The molecule has 0 rings (SSSR count). The van der Waals surface area contributed by atoms with Crippen molar-refractivity contribution in [1.82, 2.24) is 0 Å². The Bertz CT molecular complexity index is 122. The van der Waals surface area contributed by atoms with Gasteiger partial charge >= 0.3 is 0 Å². The second kappa shape index (κ2) is 7.39. The Morgan fingerprint density at radius 1 is 1.25 bits per heavy atom. The van der Waals surface area contributed by atoms with Gasteiger partial charge in [0, 0.05) is 0 Å². The number of allylic oxidation sites excluding steroid dienone is 2. The van der Waals surface area contributed by atoms with Crippen molar-refractivity contribution >= 4 is 0 Å². The molecule has 0 spiro atoms. The van der Waals surface area contributed by atoms with Crippen LogP contribution in [-0.2, 0) is 0 Å². The summed E-state index contributed by atoms with van der Waals surface area (Å²) in [6.07, 6.45) is 10.1. The van der Waals surface area contributed by atoms with Crippen LogP contribution < -0.4 is 0 Å². The predicted octanol–water partition coefficient (Wildman–Crippen LogP) is 4.36. The molecule has 1 radical (unpaired) electrons. The molecule has 1 atom stereocenters. The van der Waals surface area contributed by atoms with E-state index < -0.39 is 0 Å². The van der Waals surface area contributed by atoms with E-state index in [2.05, 4.69) is 26.8 Å². The highest BCUT2D eigenvalue weighted by Gasteiger charge is 2.02. The van der Waals surface area contributed by atoms with Crippen LogP contribution >= 0.6 is 0 Å². The number of unbranched alkanes of at least 4 members (excludes halogenated alkanes) is 3. The number of rotatable bonds is 6. The van der Waals surface area contributed by atoms with Crippen LogP contribution in [0.4, 0.5) is 0 Å². The van der Waals surface area contributed by atoms with E-state index in [0.717, 1.165) is 5.92 Å². The first-order valence-electron chi connectivity index (χ1n) is 5.23. The Labute approximate surface area is 78.1 Å². The first-order valence-corrected chi connectivity index (χ1v) is 5.23. The van der Waals surface area contributed by atoms with Gasteiger partial charge in [-0.15, -0.1) is 0 Å². The fourth-order valence-electron chi connectivity index (χ4n) is 1.34. The number of hydrogen-bond donors (Lipinski definition) is 0. The molecule has 1 unspecified atom stereocenters. The largest absolute Gasteiger partial charge is 0.0673 e. The lowest BCUT2D eigenvalue weighted by Crippen LogP contribution is -1.96. The van der Waals surface area contributed by atoms with E-state index in [4.69, 9.17) is 0 Å². The summed E-state index contributed by atoms with van der Waals surface area (Å²) in [5, 5.41) is 0. The molecule has 0 fully saturated rings. The molecule has 0 aliphatic carbocycles. The summed E-state index contributed by atoms with van der Waals surface area (Å²) in [7, 11) is 0. The maximum Gasteiger partial charge on any atom is -0.0229 e. The van der Waals surface area contributed by atoms with Crippen molar-refractivity contribution in [2.75, 3.05) is 0 Å². The Kier molecular flexibility index (Phi) is 7.23. The molecular weight excluding hydrogens is 144 g/mol. The Hall–Kier alpha value is -0.260. The van der Waals surface area contributed by atoms with E-state index in [-0.39, 0.29) is 0 Å². The summed E-state index contributed by atoms with van der Waals surface area (Å²) in [6.45, 7) is 8.76. The van der Waals surface area contributed by atoms with Gasteiger partial charge in [-0.2, -0.15) is 0 Å². The topological polar surface area (TPSA) is 0 Å². The molecule has 0 amide bonds. The molecule has 0 aromatic carbocycles. The summed E-state index contributed by atoms with van der Waals surface area (Å²) in [6, 6.07) is 0. The quantitative estimate of drug-likeness (QED) is 0.515. The zero-order chi connectivity index (χ0) is 9.40. The zero-order valence-electron chi connectivity index (χ0n) is 9.11. The van der Waals surface area contributed by atoms with Gasteiger partial charge in [0.15, 0.2) is 0 Å². The lowest BCUT2D eigenvalue weighted by atomic mass is 9.96. The molecule has 0 heterocycles. The van der Waals surface area contributed by atoms with Crippen molar-refractivity contribution in [3.05, 3.63) is 11.6 Å². The smallest absolute Gasteiger partial charge is 0.0229 e. The summed E-state index contributed by atoms with van der Waals surface area (Å²) in [5.74, 6) is 0.742. The van der Waals surface area contributed by atoms with Crippen LogP contribution in [0.5, 0.6) is 0 Å². The van der Waals surface area contributed by atoms with Gasteiger partial charge in [-0.3, -0.25) is 0 Å². The lowest BCUT2D eigenvalue weighted by molar-refractivity contribution is 0.541. The molecule has 0 aliphatic rings. The molecule has 0 aromatic heterocycles. The Morgan fingerprint density at radius 2 is 1.92 bits per heavy atom. The highest BCUT2D eigenvalue weighted by Crippen LogP contribution is 2.17. The van der Waals surface area contributed by atoms with Gasteiger partial charge in [-0.1, -0.05) is 45.1 Å². The molecule has 0 bridgehead atoms. The summed E-state index contributed by atoms with van der Waals surface area (Å²) in [4.78, 5) is 0.